The number of nitrogens with two attached hydrogens (primary N) is 1. The normalized spacial score (nSPS) is 9.94. The third-order valence-corrected chi connectivity index (χ3v) is 2.48. The van der Waals surface area contributed by atoms with Crippen LogP contribution in [0.3, 0.4) is 0 Å². The minimum Gasteiger partial charge on any atom is -0.351 e. The summed E-state index contributed by atoms with van der Waals surface area (Å²) < 4.78 is 1.68. The number of primary amides is 1. The predicted molar refractivity (Wildman–Crippen MR) is 64.4 cm³/mol. The molecule has 3 amide bonds. The van der Waals surface area contributed by atoms with Crippen LogP contribution >= 0.6 is 0 Å². The molecule has 0 bridgehead atoms. The van der Waals surface area contributed by atoms with E-state index in [4.69, 9.17) is 11.0 Å². The highest BCUT2D eigenvalue weighted by Gasteiger charge is 2.08. The van der Waals surface area contributed by atoms with Crippen molar-refractivity contribution in [1.29, 1.82) is 5.26 Å². The Morgan fingerprint density at radius 2 is 2.17 bits per heavy atom. The number of benzene rings is 1. The molecule has 0 radical (unpaired) electrons. The lowest BCUT2D eigenvalue weighted by atomic mass is 10.2. The largest absolute Gasteiger partial charge is 0.351 e. The van der Waals surface area contributed by atoms with Gasteiger partial charge < -0.3 is 10.3 Å². The number of nitriles is 1. The summed E-state index contributed by atoms with van der Waals surface area (Å²) in [5.41, 5.74) is 6.23. The third-order valence-electron chi connectivity index (χ3n) is 2.48. The van der Waals surface area contributed by atoms with E-state index in [9.17, 15) is 9.59 Å². The molecule has 90 valence electrons. The Labute approximate surface area is 103 Å². The number of hydrogen-bond donors (Lipinski definition) is 2. The summed E-state index contributed by atoms with van der Waals surface area (Å²) in [4.78, 5) is 21.9. The number of urea groups is 1. The van der Waals surface area contributed by atoms with Crippen molar-refractivity contribution in [2.75, 3.05) is 0 Å². The molecule has 0 spiro atoms. The van der Waals surface area contributed by atoms with Crippen LogP contribution in [0.1, 0.15) is 5.56 Å². The molecule has 0 unspecified atom stereocenters. The van der Waals surface area contributed by atoms with Gasteiger partial charge in [0.1, 0.15) is 6.54 Å². The number of fused-ring (bicyclic) bond motifs is 1. The first-order chi connectivity index (χ1) is 8.60. The van der Waals surface area contributed by atoms with Crippen LogP contribution in [-0.2, 0) is 11.3 Å². The van der Waals surface area contributed by atoms with Gasteiger partial charge in [-0.2, -0.15) is 5.26 Å². The number of nitrogens with zero attached hydrogens (tertiary/aromatic N) is 2. The molecule has 3 N–H and O–H groups in total. The molecule has 18 heavy (non-hydrogen) atoms. The topological polar surface area (TPSA) is 101 Å². The molecule has 6 heteroatoms. The van der Waals surface area contributed by atoms with Gasteiger partial charge in [-0.3, -0.25) is 10.1 Å². The molecule has 1 heterocycles. The Kier molecular flexibility index (Phi) is 2.98. The van der Waals surface area contributed by atoms with Gasteiger partial charge in [0.15, 0.2) is 0 Å². The van der Waals surface area contributed by atoms with Crippen LogP contribution in [0.5, 0.6) is 0 Å². The van der Waals surface area contributed by atoms with E-state index in [0.717, 1.165) is 10.9 Å². The van der Waals surface area contributed by atoms with Gasteiger partial charge in [0.2, 0.25) is 5.91 Å². The zero-order valence-electron chi connectivity index (χ0n) is 9.38. The molecule has 2 aromatic rings. The fourth-order valence-corrected chi connectivity index (χ4v) is 1.74. The summed E-state index contributed by atoms with van der Waals surface area (Å²) in [7, 11) is 0. The van der Waals surface area contributed by atoms with Crippen molar-refractivity contribution >= 4 is 22.8 Å². The highest BCUT2D eigenvalue weighted by molar-refractivity contribution is 5.94. The highest BCUT2D eigenvalue weighted by Crippen LogP contribution is 2.17. The number of amides is 3. The Bertz CT molecular complexity index is 666. The van der Waals surface area contributed by atoms with Crippen molar-refractivity contribution < 1.29 is 9.59 Å². The minimum atomic E-state index is -0.872. The highest BCUT2D eigenvalue weighted by atomic mass is 16.2. The summed E-state index contributed by atoms with van der Waals surface area (Å²) in [5.74, 6) is -0.482. The van der Waals surface area contributed by atoms with Crippen molar-refractivity contribution in [1.82, 2.24) is 9.88 Å². The Balaban J connectivity index is 2.28. The van der Waals surface area contributed by atoms with E-state index in [1.54, 1.807) is 35.0 Å². The van der Waals surface area contributed by atoms with E-state index in [1.165, 1.54) is 0 Å². The maximum absolute atomic E-state index is 11.4. The SMILES string of the molecule is N#Cc1ccc2c(ccn2CC(=O)NC(N)=O)c1. The number of aromatic nitrogens is 1. The van der Waals surface area contributed by atoms with Crippen molar-refractivity contribution in [3.8, 4) is 6.07 Å². The van der Waals surface area contributed by atoms with Crippen molar-refractivity contribution in [3.63, 3.8) is 0 Å². The first-order valence-electron chi connectivity index (χ1n) is 5.18. The van der Waals surface area contributed by atoms with Crippen LogP contribution in [0, 0.1) is 11.3 Å². The van der Waals surface area contributed by atoms with Crippen molar-refractivity contribution in [3.05, 3.63) is 36.0 Å². The summed E-state index contributed by atoms with van der Waals surface area (Å²) in [6, 6.07) is 8.13. The van der Waals surface area contributed by atoms with Crippen LogP contribution in [0.2, 0.25) is 0 Å². The summed E-state index contributed by atoms with van der Waals surface area (Å²) in [6.07, 6.45) is 1.71. The second-order valence-electron chi connectivity index (χ2n) is 3.74. The number of hydrogen-bond acceptors (Lipinski definition) is 3. The molecule has 0 fully saturated rings. The second-order valence-corrected chi connectivity index (χ2v) is 3.74. The van der Waals surface area contributed by atoms with E-state index in [0.29, 0.717) is 5.56 Å². The number of nitrogens with one attached hydrogen (secondary N) is 1. The quantitative estimate of drug-likeness (QED) is 0.810. The first kappa shape index (κ1) is 11.7. The molecule has 1 aromatic carbocycles. The average molecular weight is 242 g/mol. The van der Waals surface area contributed by atoms with Gasteiger partial charge in [0.05, 0.1) is 11.6 Å². The Morgan fingerprint density at radius 3 is 2.83 bits per heavy atom. The first-order valence-corrected chi connectivity index (χ1v) is 5.18. The van der Waals surface area contributed by atoms with E-state index < -0.39 is 11.9 Å². The van der Waals surface area contributed by atoms with Crippen molar-refractivity contribution in [2.24, 2.45) is 5.73 Å². The molecule has 2 rings (SSSR count). The molecular formula is C12H10N4O2. The zero-order valence-corrected chi connectivity index (χ0v) is 9.38. The number of carbonyl (C=O) groups is 2. The molecule has 0 saturated heterocycles. The standard InChI is InChI=1S/C12H10N4O2/c13-6-8-1-2-10-9(5-8)3-4-16(10)7-11(17)15-12(14)18/h1-5H,7H2,(H3,14,15,17,18). The fraction of sp³-hybridized carbons (Fsp3) is 0.0833. The summed E-state index contributed by atoms with van der Waals surface area (Å²) in [5, 5.41) is 11.6. The Morgan fingerprint density at radius 1 is 1.39 bits per heavy atom. The van der Waals surface area contributed by atoms with E-state index in [-0.39, 0.29) is 6.54 Å². The lowest BCUT2D eigenvalue weighted by Gasteiger charge is -2.04. The van der Waals surface area contributed by atoms with Crippen LogP contribution < -0.4 is 11.1 Å². The molecule has 0 aliphatic carbocycles. The van der Waals surface area contributed by atoms with Gasteiger partial charge in [0, 0.05) is 17.1 Å². The molecule has 1 aromatic heterocycles. The molecule has 6 nitrogen and oxygen atoms in total. The molecule has 0 atom stereocenters. The summed E-state index contributed by atoms with van der Waals surface area (Å²) in [6.45, 7) is -0.00165. The zero-order chi connectivity index (χ0) is 13.1. The maximum Gasteiger partial charge on any atom is 0.318 e. The van der Waals surface area contributed by atoms with Gasteiger partial charge in [-0.05, 0) is 24.3 Å². The van der Waals surface area contributed by atoms with Gasteiger partial charge in [0.25, 0.3) is 0 Å². The van der Waals surface area contributed by atoms with E-state index >= 15 is 0 Å². The predicted octanol–water partition coefficient (Wildman–Crippen LogP) is 0.708. The lowest BCUT2D eigenvalue weighted by molar-refractivity contribution is -0.120. The Hall–Kier alpha value is -2.81. The van der Waals surface area contributed by atoms with Gasteiger partial charge in [-0.1, -0.05) is 0 Å². The third kappa shape index (κ3) is 2.30. The minimum absolute atomic E-state index is 0.00165. The van der Waals surface area contributed by atoms with E-state index in [1.807, 2.05) is 11.4 Å². The van der Waals surface area contributed by atoms with Crippen LogP contribution in [0.4, 0.5) is 4.79 Å². The van der Waals surface area contributed by atoms with Gasteiger partial charge in [-0.25, -0.2) is 4.79 Å². The monoisotopic (exact) mass is 242 g/mol. The fourth-order valence-electron chi connectivity index (χ4n) is 1.74. The number of rotatable bonds is 2. The van der Waals surface area contributed by atoms with Crippen molar-refractivity contribution in [2.45, 2.75) is 6.54 Å². The number of imide groups is 1. The van der Waals surface area contributed by atoms with Crippen LogP contribution in [0.15, 0.2) is 30.5 Å². The van der Waals surface area contributed by atoms with Crippen LogP contribution in [-0.4, -0.2) is 16.5 Å². The molecule has 0 aliphatic rings. The lowest BCUT2D eigenvalue weighted by Crippen LogP contribution is -2.37. The average Bonchev–Trinajstić information content (AvgIpc) is 2.70. The smallest absolute Gasteiger partial charge is 0.318 e. The van der Waals surface area contributed by atoms with Crippen LogP contribution in [0.25, 0.3) is 10.9 Å². The second kappa shape index (κ2) is 4.59. The summed E-state index contributed by atoms with van der Waals surface area (Å²) >= 11 is 0. The van der Waals surface area contributed by atoms with Gasteiger partial charge in [-0.15, -0.1) is 0 Å². The molecule has 0 saturated carbocycles. The maximum atomic E-state index is 11.4. The van der Waals surface area contributed by atoms with E-state index in [2.05, 4.69) is 0 Å². The molecular weight excluding hydrogens is 232 g/mol. The molecule has 0 aliphatic heterocycles. The van der Waals surface area contributed by atoms with Gasteiger partial charge >= 0.3 is 6.03 Å². The number of carbonyl (C=O) groups excluding carboxylic acids is 2.